The zero-order valence-electron chi connectivity index (χ0n) is 12.7. The van der Waals surface area contributed by atoms with Crippen molar-refractivity contribution in [1.82, 2.24) is 5.32 Å². The summed E-state index contributed by atoms with van der Waals surface area (Å²) < 4.78 is 22.9. The minimum atomic E-state index is -3.86. The van der Waals surface area contributed by atoms with E-state index in [9.17, 15) is 13.2 Å². The van der Waals surface area contributed by atoms with Crippen molar-refractivity contribution in [3.8, 4) is 0 Å². The lowest BCUT2D eigenvalue weighted by molar-refractivity contribution is 0.0939. The molecule has 0 saturated carbocycles. The highest BCUT2D eigenvalue weighted by molar-refractivity contribution is 7.89. The average Bonchev–Trinajstić information content (AvgIpc) is 2.46. The number of primary sulfonamides is 1. The molecule has 122 valence electrons. The molecular weight excluding hydrogens is 336 g/mol. The second-order valence-corrected chi connectivity index (χ2v) is 7.27. The zero-order valence-corrected chi connectivity index (χ0v) is 14.3. The number of carbonyl (C=O) groups is 1. The number of hydrogen-bond donors (Lipinski definition) is 2. The van der Waals surface area contributed by atoms with Crippen molar-refractivity contribution in [3.05, 3.63) is 64.2 Å². The van der Waals surface area contributed by atoms with Gasteiger partial charge in [0.2, 0.25) is 10.0 Å². The molecule has 2 aromatic carbocycles. The van der Waals surface area contributed by atoms with Gasteiger partial charge in [-0.05, 0) is 49.2 Å². The molecule has 2 rings (SSSR count). The van der Waals surface area contributed by atoms with Crippen LogP contribution in [0, 0.1) is 6.92 Å². The van der Waals surface area contributed by atoms with E-state index in [2.05, 4.69) is 5.32 Å². The van der Waals surface area contributed by atoms with Gasteiger partial charge in [0.15, 0.2) is 0 Å². The predicted molar refractivity (Wildman–Crippen MR) is 89.9 cm³/mol. The molecule has 0 radical (unpaired) electrons. The highest BCUT2D eigenvalue weighted by atomic mass is 35.5. The number of nitrogens with one attached hydrogen (secondary N) is 1. The number of aryl methyl sites for hydroxylation is 1. The lowest BCUT2D eigenvalue weighted by Crippen LogP contribution is -2.27. The van der Waals surface area contributed by atoms with Crippen LogP contribution >= 0.6 is 11.6 Å². The summed E-state index contributed by atoms with van der Waals surface area (Å²) in [5.41, 5.74) is 1.78. The van der Waals surface area contributed by atoms with E-state index in [4.69, 9.17) is 16.7 Å². The smallest absolute Gasteiger partial charge is 0.252 e. The Kier molecular flexibility index (Phi) is 5.09. The first-order chi connectivity index (χ1) is 10.7. The van der Waals surface area contributed by atoms with Crippen LogP contribution in [0.1, 0.15) is 34.5 Å². The van der Waals surface area contributed by atoms with Crippen LogP contribution in [0.15, 0.2) is 47.4 Å². The summed E-state index contributed by atoms with van der Waals surface area (Å²) in [5, 5.41) is 8.52. The van der Waals surface area contributed by atoms with Gasteiger partial charge in [-0.2, -0.15) is 0 Å². The number of hydrogen-bond acceptors (Lipinski definition) is 3. The van der Waals surface area contributed by atoms with Crippen molar-refractivity contribution in [2.24, 2.45) is 5.14 Å². The van der Waals surface area contributed by atoms with Crippen molar-refractivity contribution in [3.63, 3.8) is 0 Å². The predicted octanol–water partition coefficient (Wildman–Crippen LogP) is 2.79. The normalized spacial score (nSPS) is 12.7. The maximum absolute atomic E-state index is 12.4. The Morgan fingerprint density at radius 2 is 1.91 bits per heavy atom. The molecule has 1 atom stereocenters. The number of carbonyl (C=O) groups excluding carboxylic acids is 1. The molecule has 0 aromatic heterocycles. The van der Waals surface area contributed by atoms with Crippen LogP contribution in [0.5, 0.6) is 0 Å². The highest BCUT2D eigenvalue weighted by Crippen LogP contribution is 2.19. The van der Waals surface area contributed by atoms with Gasteiger partial charge >= 0.3 is 0 Å². The van der Waals surface area contributed by atoms with Crippen LogP contribution in [0.4, 0.5) is 0 Å². The van der Waals surface area contributed by atoms with Crippen LogP contribution in [0.3, 0.4) is 0 Å². The summed E-state index contributed by atoms with van der Waals surface area (Å²) in [6.07, 6.45) is 0. The number of nitrogens with two attached hydrogens (primary N) is 1. The topological polar surface area (TPSA) is 89.3 Å². The average molecular weight is 353 g/mol. The summed E-state index contributed by atoms with van der Waals surface area (Å²) in [6.45, 7) is 3.55. The van der Waals surface area contributed by atoms with Crippen LogP contribution < -0.4 is 10.5 Å². The molecule has 0 saturated heterocycles. The lowest BCUT2D eigenvalue weighted by atomic mass is 10.1. The highest BCUT2D eigenvalue weighted by Gasteiger charge is 2.17. The molecule has 1 amide bonds. The zero-order chi connectivity index (χ0) is 17.2. The third-order valence-corrected chi connectivity index (χ3v) is 4.62. The van der Waals surface area contributed by atoms with Crippen molar-refractivity contribution in [2.45, 2.75) is 24.8 Å². The fourth-order valence-electron chi connectivity index (χ4n) is 2.16. The maximum atomic E-state index is 12.4. The van der Waals surface area contributed by atoms with E-state index in [0.29, 0.717) is 10.6 Å². The van der Waals surface area contributed by atoms with E-state index < -0.39 is 10.0 Å². The van der Waals surface area contributed by atoms with Gasteiger partial charge < -0.3 is 5.32 Å². The summed E-state index contributed by atoms with van der Waals surface area (Å²) in [4.78, 5) is 12.3. The van der Waals surface area contributed by atoms with Gasteiger partial charge in [-0.1, -0.05) is 29.8 Å². The Morgan fingerprint density at radius 3 is 2.52 bits per heavy atom. The number of rotatable bonds is 4. The fraction of sp³-hybridized carbons (Fsp3) is 0.188. The molecule has 5 nitrogen and oxygen atoms in total. The van der Waals surface area contributed by atoms with Gasteiger partial charge in [0.25, 0.3) is 5.91 Å². The van der Waals surface area contributed by atoms with Gasteiger partial charge in [-0.25, -0.2) is 13.6 Å². The van der Waals surface area contributed by atoms with Gasteiger partial charge in [0.05, 0.1) is 10.9 Å². The summed E-state index contributed by atoms with van der Waals surface area (Å²) in [7, 11) is -3.86. The van der Waals surface area contributed by atoms with Gasteiger partial charge in [-0.3, -0.25) is 4.79 Å². The van der Waals surface area contributed by atoms with Crippen molar-refractivity contribution in [1.29, 1.82) is 0 Å². The monoisotopic (exact) mass is 352 g/mol. The summed E-state index contributed by atoms with van der Waals surface area (Å²) in [5.74, 6) is -0.375. The van der Waals surface area contributed by atoms with Crippen molar-refractivity contribution in [2.75, 3.05) is 0 Å². The Labute approximate surface area is 140 Å². The first kappa shape index (κ1) is 17.5. The quantitative estimate of drug-likeness (QED) is 0.886. The molecule has 2 aromatic rings. The number of benzene rings is 2. The molecule has 7 heteroatoms. The first-order valence-electron chi connectivity index (χ1n) is 6.88. The minimum Gasteiger partial charge on any atom is -0.346 e. The Morgan fingerprint density at radius 1 is 1.22 bits per heavy atom. The van der Waals surface area contributed by atoms with Crippen LogP contribution in [-0.2, 0) is 10.0 Å². The number of sulfonamides is 1. The summed E-state index contributed by atoms with van der Waals surface area (Å²) in [6, 6.07) is 11.1. The number of amides is 1. The number of halogens is 1. The molecule has 23 heavy (non-hydrogen) atoms. The van der Waals surface area contributed by atoms with E-state index in [1.807, 2.05) is 13.0 Å². The molecule has 0 bridgehead atoms. The van der Waals surface area contributed by atoms with Crippen LogP contribution in [0.25, 0.3) is 0 Å². The van der Waals surface area contributed by atoms with E-state index >= 15 is 0 Å². The Hall–Kier alpha value is -1.89. The summed E-state index contributed by atoms with van der Waals surface area (Å²) >= 11 is 5.95. The van der Waals surface area contributed by atoms with Crippen molar-refractivity contribution >= 4 is 27.5 Å². The van der Waals surface area contributed by atoms with Gasteiger partial charge in [-0.15, -0.1) is 0 Å². The van der Waals surface area contributed by atoms with E-state index in [0.717, 1.165) is 5.56 Å². The molecule has 0 aliphatic heterocycles. The molecule has 0 aliphatic carbocycles. The molecular formula is C16H17ClN2O3S. The lowest BCUT2D eigenvalue weighted by Gasteiger charge is -2.16. The van der Waals surface area contributed by atoms with Crippen molar-refractivity contribution < 1.29 is 13.2 Å². The third kappa shape index (κ3) is 4.31. The molecule has 3 N–H and O–H groups in total. The first-order valence-corrected chi connectivity index (χ1v) is 8.80. The second kappa shape index (κ2) is 6.70. The molecule has 0 spiro atoms. The standard InChI is InChI=1S/C16H17ClN2O3S/c1-10-6-7-14(23(18,21)22)9-15(10)16(20)19-11(2)12-4-3-5-13(17)8-12/h3-9,11H,1-2H3,(H,19,20)(H2,18,21,22). The van der Waals surface area contributed by atoms with E-state index in [1.54, 1.807) is 31.2 Å². The Bertz CT molecular complexity index is 850. The second-order valence-electron chi connectivity index (χ2n) is 5.27. The molecule has 0 heterocycles. The van der Waals surface area contributed by atoms with Gasteiger partial charge in [0.1, 0.15) is 0 Å². The molecule has 0 aliphatic rings. The van der Waals surface area contributed by atoms with E-state index in [1.165, 1.54) is 12.1 Å². The fourth-order valence-corrected chi connectivity index (χ4v) is 2.89. The SMILES string of the molecule is Cc1ccc(S(N)(=O)=O)cc1C(=O)NC(C)c1cccc(Cl)c1. The van der Waals surface area contributed by atoms with Crippen LogP contribution in [-0.4, -0.2) is 14.3 Å². The third-order valence-electron chi connectivity index (χ3n) is 3.48. The van der Waals surface area contributed by atoms with E-state index in [-0.39, 0.29) is 22.4 Å². The minimum absolute atomic E-state index is 0.0938. The Balaban J connectivity index is 2.27. The largest absolute Gasteiger partial charge is 0.346 e. The van der Waals surface area contributed by atoms with Crippen LogP contribution in [0.2, 0.25) is 5.02 Å². The maximum Gasteiger partial charge on any atom is 0.252 e. The molecule has 1 unspecified atom stereocenters. The van der Waals surface area contributed by atoms with Gasteiger partial charge in [0, 0.05) is 10.6 Å². The molecule has 0 fully saturated rings.